The second-order valence-corrected chi connectivity index (χ2v) is 4.22. The molecule has 1 rings (SSSR count). The SMILES string of the molecule is CC[C@@H](N)C(=O)N(CC)Cc1ccc(OC)cc1. The van der Waals surface area contributed by atoms with Crippen LogP contribution in [0.15, 0.2) is 24.3 Å². The van der Waals surface area contributed by atoms with Crippen LogP contribution in [-0.4, -0.2) is 30.5 Å². The normalized spacial score (nSPS) is 12.0. The smallest absolute Gasteiger partial charge is 0.239 e. The second-order valence-electron chi connectivity index (χ2n) is 4.22. The van der Waals surface area contributed by atoms with Gasteiger partial charge in [-0.15, -0.1) is 0 Å². The highest BCUT2D eigenvalue weighted by atomic mass is 16.5. The molecule has 0 fully saturated rings. The largest absolute Gasteiger partial charge is 0.497 e. The van der Waals surface area contributed by atoms with Crippen LogP contribution in [0.2, 0.25) is 0 Å². The predicted octanol–water partition coefficient (Wildman–Crippen LogP) is 1.78. The maximum atomic E-state index is 12.0. The van der Waals surface area contributed by atoms with Gasteiger partial charge in [0.1, 0.15) is 5.75 Å². The molecule has 0 spiro atoms. The molecule has 4 nitrogen and oxygen atoms in total. The van der Waals surface area contributed by atoms with Gasteiger partial charge in [-0.1, -0.05) is 19.1 Å². The van der Waals surface area contributed by atoms with E-state index >= 15 is 0 Å². The van der Waals surface area contributed by atoms with Crippen LogP contribution in [0.25, 0.3) is 0 Å². The summed E-state index contributed by atoms with van der Waals surface area (Å²) in [5.41, 5.74) is 6.86. The quantitative estimate of drug-likeness (QED) is 0.837. The number of nitrogens with zero attached hydrogens (tertiary/aromatic N) is 1. The Labute approximate surface area is 109 Å². The first-order valence-corrected chi connectivity index (χ1v) is 6.29. The van der Waals surface area contributed by atoms with Crippen molar-refractivity contribution in [1.29, 1.82) is 0 Å². The summed E-state index contributed by atoms with van der Waals surface area (Å²) in [5.74, 6) is 0.828. The molecule has 100 valence electrons. The Morgan fingerprint density at radius 3 is 2.39 bits per heavy atom. The number of ether oxygens (including phenoxy) is 1. The van der Waals surface area contributed by atoms with E-state index in [1.165, 1.54) is 0 Å². The average Bonchev–Trinajstić information content (AvgIpc) is 2.43. The fraction of sp³-hybridized carbons (Fsp3) is 0.500. The molecule has 0 aliphatic carbocycles. The monoisotopic (exact) mass is 250 g/mol. The number of carbonyl (C=O) groups excluding carboxylic acids is 1. The van der Waals surface area contributed by atoms with E-state index in [0.29, 0.717) is 19.5 Å². The van der Waals surface area contributed by atoms with Crippen LogP contribution >= 0.6 is 0 Å². The summed E-state index contributed by atoms with van der Waals surface area (Å²) >= 11 is 0. The van der Waals surface area contributed by atoms with E-state index in [4.69, 9.17) is 10.5 Å². The topological polar surface area (TPSA) is 55.6 Å². The third kappa shape index (κ3) is 3.74. The number of benzene rings is 1. The maximum absolute atomic E-state index is 12.0. The van der Waals surface area contributed by atoms with Crippen LogP contribution in [0.1, 0.15) is 25.8 Å². The molecule has 1 atom stereocenters. The van der Waals surface area contributed by atoms with Crippen LogP contribution in [-0.2, 0) is 11.3 Å². The number of likely N-dealkylation sites (N-methyl/N-ethyl adjacent to an activating group) is 1. The highest BCUT2D eigenvalue weighted by Gasteiger charge is 2.18. The molecule has 18 heavy (non-hydrogen) atoms. The summed E-state index contributed by atoms with van der Waals surface area (Å²) in [6, 6.07) is 7.32. The van der Waals surface area contributed by atoms with Gasteiger partial charge in [-0.2, -0.15) is 0 Å². The number of methoxy groups -OCH3 is 1. The van der Waals surface area contributed by atoms with Gasteiger partial charge in [0.25, 0.3) is 0 Å². The molecule has 0 saturated carbocycles. The molecule has 4 heteroatoms. The van der Waals surface area contributed by atoms with Crippen LogP contribution in [0, 0.1) is 0 Å². The number of rotatable bonds is 6. The molecule has 0 saturated heterocycles. The minimum absolute atomic E-state index is 0.0100. The number of amides is 1. The van der Waals surface area contributed by atoms with Crippen LogP contribution in [0.3, 0.4) is 0 Å². The minimum atomic E-state index is -0.400. The van der Waals surface area contributed by atoms with Gasteiger partial charge in [0, 0.05) is 13.1 Å². The van der Waals surface area contributed by atoms with Crippen molar-refractivity contribution in [3.63, 3.8) is 0 Å². The molecule has 0 aliphatic heterocycles. The van der Waals surface area contributed by atoms with Gasteiger partial charge in [0.15, 0.2) is 0 Å². The summed E-state index contributed by atoms with van der Waals surface area (Å²) in [7, 11) is 1.64. The van der Waals surface area contributed by atoms with E-state index < -0.39 is 6.04 Å². The zero-order valence-electron chi connectivity index (χ0n) is 11.3. The van der Waals surface area contributed by atoms with E-state index in [2.05, 4.69) is 0 Å². The molecule has 0 bridgehead atoms. The maximum Gasteiger partial charge on any atom is 0.239 e. The first-order chi connectivity index (χ1) is 8.62. The molecule has 1 aromatic rings. The average molecular weight is 250 g/mol. The minimum Gasteiger partial charge on any atom is -0.497 e. The Kier molecular flexibility index (Phi) is 5.65. The molecule has 0 heterocycles. The van der Waals surface area contributed by atoms with Crippen LogP contribution in [0.4, 0.5) is 0 Å². The first-order valence-electron chi connectivity index (χ1n) is 6.29. The molecule has 0 aliphatic rings. The van der Waals surface area contributed by atoms with Gasteiger partial charge in [0.05, 0.1) is 13.2 Å². The molecule has 0 radical (unpaired) electrons. The highest BCUT2D eigenvalue weighted by Crippen LogP contribution is 2.13. The number of hydrogen-bond acceptors (Lipinski definition) is 3. The lowest BCUT2D eigenvalue weighted by Gasteiger charge is -2.24. The van der Waals surface area contributed by atoms with E-state index in [0.717, 1.165) is 11.3 Å². The standard InChI is InChI=1S/C14H22N2O2/c1-4-13(15)14(17)16(5-2)10-11-6-8-12(18-3)9-7-11/h6-9,13H,4-5,10,15H2,1-3H3/t13-/m1/s1. The summed E-state index contributed by atoms with van der Waals surface area (Å²) in [4.78, 5) is 13.8. The third-order valence-electron chi connectivity index (χ3n) is 2.98. The van der Waals surface area contributed by atoms with Gasteiger partial charge in [-0.3, -0.25) is 4.79 Å². The van der Waals surface area contributed by atoms with Crippen molar-refractivity contribution >= 4 is 5.91 Å². The van der Waals surface area contributed by atoms with Gasteiger partial charge in [0.2, 0.25) is 5.91 Å². The van der Waals surface area contributed by atoms with Gasteiger partial charge in [-0.05, 0) is 31.0 Å². The molecule has 1 aromatic carbocycles. The Balaban J connectivity index is 2.70. The first kappa shape index (κ1) is 14.5. The number of nitrogens with two attached hydrogens (primary N) is 1. The Morgan fingerprint density at radius 2 is 1.94 bits per heavy atom. The zero-order chi connectivity index (χ0) is 13.5. The van der Waals surface area contributed by atoms with Crippen molar-refractivity contribution in [3.8, 4) is 5.75 Å². The summed E-state index contributed by atoms with van der Waals surface area (Å²) in [5, 5.41) is 0. The van der Waals surface area contributed by atoms with Crippen molar-refractivity contribution < 1.29 is 9.53 Å². The molecule has 2 N–H and O–H groups in total. The fourth-order valence-electron chi connectivity index (χ4n) is 1.71. The second kappa shape index (κ2) is 7.01. The Morgan fingerprint density at radius 1 is 1.33 bits per heavy atom. The van der Waals surface area contributed by atoms with E-state index in [9.17, 15) is 4.79 Å². The van der Waals surface area contributed by atoms with Crippen molar-refractivity contribution in [2.45, 2.75) is 32.9 Å². The summed E-state index contributed by atoms with van der Waals surface area (Å²) < 4.78 is 5.10. The third-order valence-corrected chi connectivity index (χ3v) is 2.98. The van der Waals surface area contributed by atoms with Gasteiger partial charge >= 0.3 is 0 Å². The molecular weight excluding hydrogens is 228 g/mol. The number of carbonyl (C=O) groups is 1. The molecular formula is C14H22N2O2. The zero-order valence-corrected chi connectivity index (χ0v) is 11.3. The lowest BCUT2D eigenvalue weighted by atomic mass is 10.1. The van der Waals surface area contributed by atoms with Crippen molar-refractivity contribution in [3.05, 3.63) is 29.8 Å². The lowest BCUT2D eigenvalue weighted by molar-refractivity contribution is -0.133. The van der Waals surface area contributed by atoms with E-state index in [-0.39, 0.29) is 5.91 Å². The predicted molar refractivity (Wildman–Crippen MR) is 72.4 cm³/mol. The van der Waals surface area contributed by atoms with E-state index in [1.807, 2.05) is 38.1 Å². The Hall–Kier alpha value is -1.55. The highest BCUT2D eigenvalue weighted by molar-refractivity contribution is 5.81. The van der Waals surface area contributed by atoms with Crippen molar-refractivity contribution in [2.75, 3.05) is 13.7 Å². The number of hydrogen-bond donors (Lipinski definition) is 1. The summed E-state index contributed by atoms with van der Waals surface area (Å²) in [6.07, 6.45) is 0.665. The molecule has 1 amide bonds. The van der Waals surface area contributed by atoms with E-state index in [1.54, 1.807) is 12.0 Å². The Bertz CT molecular complexity index is 376. The van der Waals surface area contributed by atoms with Crippen LogP contribution in [0.5, 0.6) is 5.75 Å². The van der Waals surface area contributed by atoms with Gasteiger partial charge < -0.3 is 15.4 Å². The van der Waals surface area contributed by atoms with Crippen LogP contribution < -0.4 is 10.5 Å². The van der Waals surface area contributed by atoms with Crippen molar-refractivity contribution in [2.24, 2.45) is 5.73 Å². The molecule has 0 aromatic heterocycles. The molecule has 0 unspecified atom stereocenters. The lowest BCUT2D eigenvalue weighted by Crippen LogP contribution is -2.42. The summed E-state index contributed by atoms with van der Waals surface area (Å²) in [6.45, 7) is 5.14. The van der Waals surface area contributed by atoms with Gasteiger partial charge in [-0.25, -0.2) is 0 Å². The fourth-order valence-corrected chi connectivity index (χ4v) is 1.71. The van der Waals surface area contributed by atoms with Crippen molar-refractivity contribution in [1.82, 2.24) is 4.90 Å².